The molecule has 1 fully saturated rings. The van der Waals surface area contributed by atoms with E-state index >= 15 is 0 Å². The van der Waals surface area contributed by atoms with Crippen LogP contribution in [0, 0.1) is 5.82 Å². The van der Waals surface area contributed by atoms with Gasteiger partial charge in [-0.2, -0.15) is 0 Å². The van der Waals surface area contributed by atoms with Crippen molar-refractivity contribution in [3.8, 4) is 0 Å². The minimum atomic E-state index is -0.232. The van der Waals surface area contributed by atoms with E-state index in [1.54, 1.807) is 12.1 Å². The zero-order valence-corrected chi connectivity index (χ0v) is 16.3. The van der Waals surface area contributed by atoms with Crippen molar-refractivity contribution in [3.63, 3.8) is 0 Å². The van der Waals surface area contributed by atoms with Crippen LogP contribution < -0.4 is 10.6 Å². The molecule has 4 nitrogen and oxygen atoms in total. The van der Waals surface area contributed by atoms with E-state index in [1.807, 2.05) is 6.07 Å². The maximum absolute atomic E-state index is 13.0. The average molecular weight is 388 g/mol. The Kier molecular flexibility index (Phi) is 7.15. The molecule has 144 valence electrons. The summed E-state index contributed by atoms with van der Waals surface area (Å²) in [5.74, 6) is -0.232. The SMILES string of the molecule is C[C@@H](NC(=S)NCc1ccc(F)cc1)[C@H](c1ccccc1)N1CCOCC1. The molecule has 1 aliphatic heterocycles. The van der Waals surface area contributed by atoms with Crippen molar-refractivity contribution in [3.05, 3.63) is 71.5 Å². The molecule has 2 N–H and O–H groups in total. The zero-order valence-electron chi connectivity index (χ0n) is 15.5. The van der Waals surface area contributed by atoms with Crippen molar-refractivity contribution < 1.29 is 9.13 Å². The summed E-state index contributed by atoms with van der Waals surface area (Å²) in [5, 5.41) is 7.23. The van der Waals surface area contributed by atoms with E-state index in [0.29, 0.717) is 11.7 Å². The maximum Gasteiger partial charge on any atom is 0.166 e. The first-order chi connectivity index (χ1) is 13.1. The number of ether oxygens (including phenoxy) is 1. The van der Waals surface area contributed by atoms with Crippen molar-refractivity contribution in [2.45, 2.75) is 25.6 Å². The third kappa shape index (κ3) is 5.73. The predicted octanol–water partition coefficient (Wildman–Crippen LogP) is 3.25. The molecule has 0 radical (unpaired) electrons. The quantitative estimate of drug-likeness (QED) is 0.744. The van der Waals surface area contributed by atoms with E-state index in [1.165, 1.54) is 17.7 Å². The number of hydrogen-bond donors (Lipinski definition) is 2. The first-order valence-electron chi connectivity index (χ1n) is 9.29. The number of benzene rings is 2. The highest BCUT2D eigenvalue weighted by molar-refractivity contribution is 7.80. The molecule has 6 heteroatoms. The molecular formula is C21H26FN3OS. The van der Waals surface area contributed by atoms with Crippen LogP contribution in [0.15, 0.2) is 54.6 Å². The number of morpholine rings is 1. The summed E-state index contributed by atoms with van der Waals surface area (Å²) in [6.45, 7) is 6.03. The molecule has 0 unspecified atom stereocenters. The second-order valence-corrected chi connectivity index (χ2v) is 7.15. The molecule has 0 saturated carbocycles. The third-order valence-corrected chi connectivity index (χ3v) is 5.04. The molecule has 2 aromatic carbocycles. The van der Waals surface area contributed by atoms with Gasteiger partial charge in [0.05, 0.1) is 19.3 Å². The smallest absolute Gasteiger partial charge is 0.166 e. The van der Waals surface area contributed by atoms with Crippen molar-refractivity contribution in [2.24, 2.45) is 0 Å². The molecule has 27 heavy (non-hydrogen) atoms. The van der Waals surface area contributed by atoms with Crippen LogP contribution in [0.5, 0.6) is 0 Å². The highest BCUT2D eigenvalue weighted by Crippen LogP contribution is 2.25. The van der Waals surface area contributed by atoms with Crippen LogP contribution >= 0.6 is 12.2 Å². The summed E-state index contributed by atoms with van der Waals surface area (Å²) in [7, 11) is 0. The van der Waals surface area contributed by atoms with Gasteiger partial charge in [0.25, 0.3) is 0 Å². The minimum Gasteiger partial charge on any atom is -0.379 e. The lowest BCUT2D eigenvalue weighted by Crippen LogP contribution is -2.50. The Morgan fingerprint density at radius 3 is 2.44 bits per heavy atom. The summed E-state index contributed by atoms with van der Waals surface area (Å²) < 4.78 is 18.5. The third-order valence-electron chi connectivity index (χ3n) is 4.78. The Hall–Kier alpha value is -2.02. The normalized spacial score (nSPS) is 17.1. The number of halogens is 1. The topological polar surface area (TPSA) is 36.5 Å². The van der Waals surface area contributed by atoms with Crippen LogP contribution in [0.4, 0.5) is 4.39 Å². The van der Waals surface area contributed by atoms with Crippen LogP contribution in [0.1, 0.15) is 24.1 Å². The Bertz CT molecular complexity index is 720. The van der Waals surface area contributed by atoms with Gasteiger partial charge in [0.2, 0.25) is 0 Å². The van der Waals surface area contributed by atoms with E-state index in [0.717, 1.165) is 31.9 Å². The Morgan fingerprint density at radius 1 is 1.11 bits per heavy atom. The van der Waals surface area contributed by atoms with E-state index in [9.17, 15) is 4.39 Å². The average Bonchev–Trinajstić information content (AvgIpc) is 2.69. The highest BCUT2D eigenvalue weighted by Gasteiger charge is 2.28. The molecule has 0 aromatic heterocycles. The van der Waals surface area contributed by atoms with Crippen molar-refractivity contribution in [2.75, 3.05) is 26.3 Å². The lowest BCUT2D eigenvalue weighted by Gasteiger charge is -2.38. The fraction of sp³-hybridized carbons (Fsp3) is 0.381. The summed E-state index contributed by atoms with van der Waals surface area (Å²) in [5.41, 5.74) is 2.25. The fourth-order valence-electron chi connectivity index (χ4n) is 3.44. The van der Waals surface area contributed by atoms with Gasteiger partial charge >= 0.3 is 0 Å². The molecule has 0 spiro atoms. The largest absolute Gasteiger partial charge is 0.379 e. The molecule has 1 heterocycles. The number of nitrogens with zero attached hydrogens (tertiary/aromatic N) is 1. The number of thiocarbonyl (C=S) groups is 1. The van der Waals surface area contributed by atoms with Crippen molar-refractivity contribution >= 4 is 17.3 Å². The fourth-order valence-corrected chi connectivity index (χ4v) is 3.70. The lowest BCUT2D eigenvalue weighted by atomic mass is 9.98. The van der Waals surface area contributed by atoms with E-state index in [2.05, 4.69) is 46.7 Å². The number of nitrogens with one attached hydrogen (secondary N) is 2. The van der Waals surface area contributed by atoms with Crippen LogP contribution in [0.25, 0.3) is 0 Å². The van der Waals surface area contributed by atoms with Crippen LogP contribution in [0.2, 0.25) is 0 Å². The number of hydrogen-bond acceptors (Lipinski definition) is 3. The molecule has 1 saturated heterocycles. The standard InChI is InChI=1S/C21H26FN3OS/c1-16(24-21(27)23-15-17-7-9-19(22)10-8-17)20(18-5-3-2-4-6-18)25-11-13-26-14-12-25/h2-10,16,20H,11-15H2,1H3,(H2,23,24,27)/t16-,20-/m1/s1. The van der Waals surface area contributed by atoms with Crippen LogP contribution in [-0.4, -0.2) is 42.4 Å². The first kappa shape index (κ1) is 19.7. The monoisotopic (exact) mass is 387 g/mol. The summed E-state index contributed by atoms with van der Waals surface area (Å²) >= 11 is 5.49. The van der Waals surface area contributed by atoms with Gasteiger partial charge in [0.15, 0.2) is 5.11 Å². The lowest BCUT2D eigenvalue weighted by molar-refractivity contribution is 0.0102. The molecule has 0 aliphatic carbocycles. The van der Waals surface area contributed by atoms with Gasteiger partial charge in [-0.3, -0.25) is 4.90 Å². The zero-order chi connectivity index (χ0) is 19.1. The predicted molar refractivity (Wildman–Crippen MR) is 110 cm³/mol. The van der Waals surface area contributed by atoms with Gasteiger partial charge in [-0.25, -0.2) is 4.39 Å². The van der Waals surface area contributed by atoms with E-state index in [-0.39, 0.29) is 17.9 Å². The first-order valence-corrected chi connectivity index (χ1v) is 9.70. The maximum atomic E-state index is 13.0. The van der Waals surface area contributed by atoms with E-state index in [4.69, 9.17) is 17.0 Å². The van der Waals surface area contributed by atoms with E-state index < -0.39 is 0 Å². The van der Waals surface area contributed by atoms with Gasteiger partial charge in [-0.05, 0) is 42.4 Å². The van der Waals surface area contributed by atoms with Gasteiger partial charge in [-0.15, -0.1) is 0 Å². The summed E-state index contributed by atoms with van der Waals surface area (Å²) in [6.07, 6.45) is 0. The van der Waals surface area contributed by atoms with Gasteiger partial charge in [-0.1, -0.05) is 42.5 Å². The van der Waals surface area contributed by atoms with Crippen molar-refractivity contribution in [1.82, 2.24) is 15.5 Å². The second kappa shape index (κ2) is 9.78. The molecule has 3 rings (SSSR count). The summed E-state index contributed by atoms with van der Waals surface area (Å²) in [4.78, 5) is 2.44. The molecule has 0 amide bonds. The summed E-state index contributed by atoms with van der Waals surface area (Å²) in [6, 6.07) is 17.3. The molecule has 1 aliphatic rings. The molecule has 2 aromatic rings. The van der Waals surface area contributed by atoms with Gasteiger partial charge < -0.3 is 15.4 Å². The van der Waals surface area contributed by atoms with Crippen LogP contribution in [-0.2, 0) is 11.3 Å². The van der Waals surface area contributed by atoms with Gasteiger partial charge in [0, 0.05) is 25.7 Å². The molecular weight excluding hydrogens is 361 g/mol. The number of rotatable bonds is 6. The van der Waals surface area contributed by atoms with Crippen molar-refractivity contribution in [1.29, 1.82) is 0 Å². The van der Waals surface area contributed by atoms with Gasteiger partial charge in [0.1, 0.15) is 5.82 Å². The van der Waals surface area contributed by atoms with Crippen LogP contribution in [0.3, 0.4) is 0 Å². The Morgan fingerprint density at radius 2 is 1.78 bits per heavy atom. The highest BCUT2D eigenvalue weighted by atomic mass is 32.1. The molecule has 2 atom stereocenters. The second-order valence-electron chi connectivity index (χ2n) is 6.75. The minimum absolute atomic E-state index is 0.124. The Labute approximate surface area is 165 Å². The molecule has 0 bridgehead atoms. The Balaban J connectivity index is 1.61.